The van der Waals surface area contributed by atoms with Crippen molar-refractivity contribution in [2.24, 2.45) is 5.10 Å². The van der Waals surface area contributed by atoms with Crippen LogP contribution in [0.4, 0.5) is 18.9 Å². The number of carbonyl (C=O) groups excluding carboxylic acids is 1. The van der Waals surface area contributed by atoms with Crippen LogP contribution in [0.1, 0.15) is 18.1 Å². The van der Waals surface area contributed by atoms with Crippen LogP contribution in [0.2, 0.25) is 0 Å². The van der Waals surface area contributed by atoms with Crippen molar-refractivity contribution in [2.45, 2.75) is 13.1 Å². The number of alkyl halides is 3. The van der Waals surface area contributed by atoms with Gasteiger partial charge in [0.1, 0.15) is 0 Å². The SMILES string of the molecule is CCOc1cc(/C=N\NC(=O)CNc2cccc(C(F)(F)F)c2)ccc1O. The number of anilines is 1. The van der Waals surface area contributed by atoms with Crippen LogP contribution in [0, 0.1) is 0 Å². The van der Waals surface area contributed by atoms with Crippen LogP contribution in [-0.4, -0.2) is 30.4 Å². The van der Waals surface area contributed by atoms with Crippen molar-refractivity contribution in [3.05, 3.63) is 53.6 Å². The maximum absolute atomic E-state index is 12.6. The first kappa shape index (κ1) is 20.1. The van der Waals surface area contributed by atoms with E-state index in [4.69, 9.17) is 4.74 Å². The number of rotatable bonds is 7. The molecule has 2 rings (SSSR count). The average molecular weight is 381 g/mol. The number of hydrogen-bond donors (Lipinski definition) is 3. The second-order valence-corrected chi connectivity index (χ2v) is 5.39. The number of ether oxygens (including phenoxy) is 1. The number of phenols is 1. The van der Waals surface area contributed by atoms with Gasteiger partial charge in [-0.25, -0.2) is 5.43 Å². The minimum Gasteiger partial charge on any atom is -0.504 e. The average Bonchev–Trinajstić information content (AvgIpc) is 2.62. The van der Waals surface area contributed by atoms with E-state index in [-0.39, 0.29) is 18.0 Å². The number of hydrogen-bond acceptors (Lipinski definition) is 5. The highest BCUT2D eigenvalue weighted by Crippen LogP contribution is 2.30. The Kier molecular flexibility index (Phi) is 6.64. The monoisotopic (exact) mass is 381 g/mol. The highest BCUT2D eigenvalue weighted by atomic mass is 19.4. The summed E-state index contributed by atoms with van der Waals surface area (Å²) in [4.78, 5) is 11.7. The lowest BCUT2D eigenvalue weighted by Crippen LogP contribution is -2.26. The highest BCUT2D eigenvalue weighted by Gasteiger charge is 2.30. The minimum atomic E-state index is -4.45. The predicted octanol–water partition coefficient (Wildman–Crippen LogP) is 3.37. The molecule has 0 bridgehead atoms. The third-order valence-corrected chi connectivity index (χ3v) is 3.33. The molecule has 0 fully saturated rings. The molecule has 9 heteroatoms. The lowest BCUT2D eigenvalue weighted by atomic mass is 10.2. The summed E-state index contributed by atoms with van der Waals surface area (Å²) in [6.45, 7) is 1.91. The van der Waals surface area contributed by atoms with E-state index in [1.54, 1.807) is 19.1 Å². The van der Waals surface area contributed by atoms with Gasteiger partial charge in [-0.3, -0.25) is 4.79 Å². The van der Waals surface area contributed by atoms with E-state index in [1.165, 1.54) is 24.4 Å². The molecule has 2 aromatic carbocycles. The number of carbonyl (C=O) groups is 1. The van der Waals surface area contributed by atoms with Crippen LogP contribution in [-0.2, 0) is 11.0 Å². The summed E-state index contributed by atoms with van der Waals surface area (Å²) >= 11 is 0. The molecule has 0 spiro atoms. The Labute approximate surface area is 153 Å². The van der Waals surface area contributed by atoms with Crippen molar-refractivity contribution in [1.82, 2.24) is 5.43 Å². The fraction of sp³-hybridized carbons (Fsp3) is 0.222. The van der Waals surface area contributed by atoms with Crippen LogP contribution in [0.15, 0.2) is 47.6 Å². The molecule has 27 heavy (non-hydrogen) atoms. The maximum Gasteiger partial charge on any atom is 0.416 e. The molecule has 144 valence electrons. The van der Waals surface area contributed by atoms with Gasteiger partial charge >= 0.3 is 6.18 Å². The van der Waals surface area contributed by atoms with E-state index in [1.807, 2.05) is 0 Å². The molecule has 0 saturated heterocycles. The third-order valence-electron chi connectivity index (χ3n) is 3.33. The van der Waals surface area contributed by atoms with Gasteiger partial charge in [-0.05, 0) is 48.9 Å². The summed E-state index contributed by atoms with van der Waals surface area (Å²) in [6, 6.07) is 9.11. The van der Waals surface area contributed by atoms with Crippen molar-refractivity contribution in [2.75, 3.05) is 18.5 Å². The standard InChI is InChI=1S/C18H18F3N3O3/c1-2-27-16-8-12(6-7-15(16)25)10-23-24-17(26)11-22-14-5-3-4-13(9-14)18(19,20)21/h3-10,22,25H,2,11H2,1H3,(H,24,26)/b23-10-. The Morgan fingerprint density at radius 3 is 2.74 bits per heavy atom. The van der Waals surface area contributed by atoms with Crippen molar-refractivity contribution < 1.29 is 27.8 Å². The number of amides is 1. The van der Waals surface area contributed by atoms with E-state index in [2.05, 4.69) is 15.8 Å². The van der Waals surface area contributed by atoms with Crippen molar-refractivity contribution in [3.63, 3.8) is 0 Å². The quantitative estimate of drug-likeness (QED) is 0.507. The summed E-state index contributed by atoms with van der Waals surface area (Å²) < 4.78 is 43.2. The Morgan fingerprint density at radius 2 is 2.04 bits per heavy atom. The first-order valence-corrected chi connectivity index (χ1v) is 7.98. The summed E-state index contributed by atoms with van der Waals surface area (Å²) in [5.74, 6) is -0.255. The summed E-state index contributed by atoms with van der Waals surface area (Å²) in [6.07, 6.45) is -3.10. The molecule has 0 saturated carbocycles. The molecule has 0 aliphatic heterocycles. The highest BCUT2D eigenvalue weighted by molar-refractivity contribution is 5.84. The Hall–Kier alpha value is -3.23. The van der Waals surface area contributed by atoms with Gasteiger partial charge in [0, 0.05) is 5.69 Å². The Balaban J connectivity index is 1.88. The number of benzene rings is 2. The Morgan fingerprint density at radius 1 is 1.26 bits per heavy atom. The summed E-state index contributed by atoms with van der Waals surface area (Å²) in [5, 5.41) is 16.0. The van der Waals surface area contributed by atoms with Crippen molar-refractivity contribution in [3.8, 4) is 11.5 Å². The van der Waals surface area contributed by atoms with Gasteiger partial charge in [0.15, 0.2) is 11.5 Å². The topological polar surface area (TPSA) is 83.0 Å². The van der Waals surface area contributed by atoms with Crippen LogP contribution in [0.3, 0.4) is 0 Å². The van der Waals surface area contributed by atoms with Gasteiger partial charge in [0.2, 0.25) is 0 Å². The number of phenolic OH excluding ortho intramolecular Hbond substituents is 1. The first-order chi connectivity index (χ1) is 12.8. The second kappa shape index (κ2) is 8.93. The Bertz CT molecular complexity index is 823. The molecule has 0 heterocycles. The van der Waals surface area contributed by atoms with E-state index >= 15 is 0 Å². The van der Waals surface area contributed by atoms with Gasteiger partial charge in [0.25, 0.3) is 5.91 Å². The van der Waals surface area contributed by atoms with Gasteiger partial charge in [-0.1, -0.05) is 6.07 Å². The zero-order chi connectivity index (χ0) is 19.9. The molecule has 2 aromatic rings. The van der Waals surface area contributed by atoms with Gasteiger partial charge < -0.3 is 15.2 Å². The zero-order valence-corrected chi connectivity index (χ0v) is 14.4. The molecule has 3 N–H and O–H groups in total. The number of aromatic hydroxyl groups is 1. The number of nitrogens with one attached hydrogen (secondary N) is 2. The molecule has 6 nitrogen and oxygen atoms in total. The summed E-state index contributed by atoms with van der Waals surface area (Å²) in [5.41, 5.74) is 2.21. The molecular formula is C18H18F3N3O3. The number of hydrazone groups is 1. The second-order valence-electron chi connectivity index (χ2n) is 5.39. The predicted molar refractivity (Wildman–Crippen MR) is 94.9 cm³/mol. The van der Waals surface area contributed by atoms with Crippen LogP contribution >= 0.6 is 0 Å². The minimum absolute atomic E-state index is 0.0108. The smallest absolute Gasteiger partial charge is 0.416 e. The van der Waals surface area contributed by atoms with Crippen molar-refractivity contribution in [1.29, 1.82) is 0 Å². The molecule has 0 radical (unpaired) electrons. The number of halogens is 3. The zero-order valence-electron chi connectivity index (χ0n) is 14.4. The molecule has 0 unspecified atom stereocenters. The lowest BCUT2D eigenvalue weighted by Gasteiger charge is -2.10. The molecule has 0 aliphatic rings. The van der Waals surface area contributed by atoms with E-state index < -0.39 is 17.6 Å². The van der Waals surface area contributed by atoms with Crippen molar-refractivity contribution >= 4 is 17.8 Å². The van der Waals surface area contributed by atoms with Gasteiger partial charge in [-0.2, -0.15) is 18.3 Å². The lowest BCUT2D eigenvalue weighted by molar-refractivity contribution is -0.137. The molecule has 0 atom stereocenters. The van der Waals surface area contributed by atoms with E-state index in [0.29, 0.717) is 17.9 Å². The van der Waals surface area contributed by atoms with Gasteiger partial charge in [-0.15, -0.1) is 0 Å². The first-order valence-electron chi connectivity index (χ1n) is 7.98. The normalized spacial score (nSPS) is 11.4. The van der Waals surface area contributed by atoms with Crippen LogP contribution in [0.25, 0.3) is 0 Å². The van der Waals surface area contributed by atoms with E-state index in [9.17, 15) is 23.1 Å². The largest absolute Gasteiger partial charge is 0.504 e. The molecule has 0 aromatic heterocycles. The summed E-state index contributed by atoms with van der Waals surface area (Å²) in [7, 11) is 0. The van der Waals surface area contributed by atoms with Gasteiger partial charge in [0.05, 0.1) is 24.9 Å². The fourth-order valence-electron chi connectivity index (χ4n) is 2.09. The maximum atomic E-state index is 12.6. The third kappa shape index (κ3) is 6.21. The van der Waals surface area contributed by atoms with Crippen LogP contribution in [0.5, 0.6) is 11.5 Å². The molecule has 1 amide bonds. The number of nitrogens with zero attached hydrogens (tertiary/aromatic N) is 1. The fourth-order valence-corrected chi connectivity index (χ4v) is 2.09. The van der Waals surface area contributed by atoms with E-state index in [0.717, 1.165) is 12.1 Å². The molecule has 0 aliphatic carbocycles. The van der Waals surface area contributed by atoms with Crippen LogP contribution < -0.4 is 15.5 Å². The molecular weight excluding hydrogens is 363 g/mol.